The number of halogens is 11. The van der Waals surface area contributed by atoms with Crippen LogP contribution in [-0.2, 0) is 78.1 Å². The zero-order valence-corrected chi connectivity index (χ0v) is 82.4. The molecule has 0 unspecified atom stereocenters. The normalized spacial score (nSPS) is 11.1. The zero-order valence-electron chi connectivity index (χ0n) is 69.9. The van der Waals surface area contributed by atoms with E-state index in [0.29, 0.717) is 47.3 Å². The molecule has 2 heterocycles. The van der Waals surface area contributed by atoms with E-state index in [4.69, 9.17) is 110 Å². The fourth-order valence-corrected chi connectivity index (χ4v) is 13.5. The first-order valence-electron chi connectivity index (χ1n) is 37.9. The van der Waals surface area contributed by atoms with Gasteiger partial charge in [0.2, 0.25) is 0 Å². The molecular weight excluding hydrogens is 1920 g/mol. The van der Waals surface area contributed by atoms with E-state index in [0.717, 1.165) is 113 Å². The Balaban J connectivity index is -0.00000195. The van der Waals surface area contributed by atoms with Crippen molar-refractivity contribution in [1.29, 1.82) is 0 Å². The van der Waals surface area contributed by atoms with Crippen molar-refractivity contribution in [2.75, 3.05) is 0 Å². The van der Waals surface area contributed by atoms with Gasteiger partial charge in [-0.15, -0.1) is 0 Å². The first kappa shape index (κ1) is 120. The fourth-order valence-electron chi connectivity index (χ4n) is 13.5. The smallest absolute Gasteiger partial charge is 2.00 e. The summed E-state index contributed by atoms with van der Waals surface area (Å²) >= 11 is 28.8. The SMILES string of the molecule is CC(C)c1cccc(C(C)C)c1N=C(c1ccccc1)c1n[n-]c(C(=Nc2c(C(C)C)cccc2C(C)C)c2ccccc2)c1-c1ccccc1.CC(C)c1cccc(C(C)C)c1N=C(c1ccccc1)c1n[n-]c(C(=Nc2c(C(C)C)cccc2C(C)C)c2ccccc2)c1-c1ccccc1.ClC(Cl)Cl.ClC(Cl)Cl.[Cl-].[Cl-].[Cl-].[Cl-].[Cl-].[Co+2].[Co+3].[Co+3].[Co+3].[O-2].[O-2]. The summed E-state index contributed by atoms with van der Waals surface area (Å²) in [6.07, 6.45) is 0. The van der Waals surface area contributed by atoms with E-state index in [1.807, 2.05) is 36.4 Å². The molecular formula is C96H100Cl11Co4N8O2. The molecule has 0 N–H and O–H groups in total. The molecule has 649 valence electrons. The molecule has 0 aliphatic heterocycles. The fraction of sp³-hybridized carbons (Fsp3) is 0.271. The number of hydrogen-bond acceptors (Lipinski definition) is 6. The van der Waals surface area contributed by atoms with Gasteiger partial charge in [-0.05, 0) is 125 Å². The second-order valence-corrected chi connectivity index (χ2v) is 33.4. The Morgan fingerprint density at radius 2 is 0.405 bits per heavy atom. The number of para-hydroxylation sites is 4. The minimum absolute atomic E-state index is 0. The first-order valence-corrected chi connectivity index (χ1v) is 40.5. The monoisotopic (exact) mass is 2020 g/mol. The molecule has 0 spiro atoms. The van der Waals surface area contributed by atoms with Crippen molar-refractivity contribution in [3.8, 4) is 22.3 Å². The molecule has 0 bridgehead atoms. The maximum atomic E-state index is 5.61. The third kappa shape index (κ3) is 32.1. The van der Waals surface area contributed by atoms with Crippen LogP contribution in [0.15, 0.2) is 275 Å². The van der Waals surface area contributed by atoms with Crippen molar-refractivity contribution >= 4 is 115 Å². The van der Waals surface area contributed by atoms with Crippen LogP contribution in [0.2, 0.25) is 0 Å². The zero-order chi connectivity index (χ0) is 79.3. The average molecular weight is 2020 g/mol. The molecule has 0 atom stereocenters. The van der Waals surface area contributed by atoms with Gasteiger partial charge in [0.1, 0.15) is 0 Å². The van der Waals surface area contributed by atoms with Crippen LogP contribution in [0.1, 0.15) is 248 Å². The van der Waals surface area contributed by atoms with Crippen molar-refractivity contribution in [2.45, 2.75) is 167 Å². The van der Waals surface area contributed by atoms with E-state index in [9.17, 15) is 0 Å². The van der Waals surface area contributed by atoms with E-state index < -0.39 is 8.59 Å². The van der Waals surface area contributed by atoms with E-state index in [1.54, 1.807) is 0 Å². The molecule has 0 aliphatic carbocycles. The summed E-state index contributed by atoms with van der Waals surface area (Å²) in [5, 5.41) is 20.2. The van der Waals surface area contributed by atoms with E-state index in [1.165, 1.54) is 44.5 Å². The molecule has 12 aromatic rings. The Labute approximate surface area is 820 Å². The number of aromatic nitrogens is 4. The molecule has 1 radical (unpaired) electrons. The third-order valence-electron chi connectivity index (χ3n) is 18.9. The van der Waals surface area contributed by atoms with Gasteiger partial charge in [0.25, 0.3) is 0 Å². The molecule has 0 saturated heterocycles. The third-order valence-corrected chi connectivity index (χ3v) is 18.9. The van der Waals surface area contributed by atoms with Crippen LogP contribution >= 0.6 is 69.6 Å². The summed E-state index contributed by atoms with van der Waals surface area (Å²) in [4.78, 5) is 22.4. The van der Waals surface area contributed by atoms with Crippen molar-refractivity contribution < 1.29 is 140 Å². The van der Waals surface area contributed by atoms with E-state index >= 15 is 0 Å². The van der Waals surface area contributed by atoms with Crippen molar-refractivity contribution in [3.63, 3.8) is 0 Å². The maximum absolute atomic E-state index is 5.61. The summed E-state index contributed by atoms with van der Waals surface area (Å²) in [5.74, 6) is 2.35. The van der Waals surface area contributed by atoms with Crippen LogP contribution in [0.5, 0.6) is 0 Å². The Kier molecular flexibility index (Phi) is 58.0. The molecule has 0 amide bonds. The van der Waals surface area contributed by atoms with Crippen LogP contribution in [-0.4, -0.2) is 41.6 Å². The second kappa shape index (κ2) is 58.7. The van der Waals surface area contributed by atoms with Crippen molar-refractivity contribution in [3.05, 3.63) is 344 Å². The van der Waals surface area contributed by atoms with E-state index in [-0.39, 0.29) is 140 Å². The molecule has 10 nitrogen and oxygen atoms in total. The Morgan fingerprint density at radius 3 is 0.579 bits per heavy atom. The number of benzene rings is 10. The van der Waals surface area contributed by atoms with Crippen LogP contribution in [0.3, 0.4) is 0 Å². The first-order chi connectivity index (χ1) is 52.8. The molecule has 121 heavy (non-hydrogen) atoms. The molecule has 0 fully saturated rings. The van der Waals surface area contributed by atoms with Gasteiger partial charge in [-0.1, -0.05) is 447 Å². The quantitative estimate of drug-likeness (QED) is 0.0488. The molecule has 12 rings (SSSR count). The number of rotatable bonds is 22. The van der Waals surface area contributed by atoms with Gasteiger partial charge in [0.15, 0.2) is 8.59 Å². The minimum atomic E-state index is -0.750. The summed E-state index contributed by atoms with van der Waals surface area (Å²) in [7, 11) is 0. The van der Waals surface area contributed by atoms with Crippen LogP contribution in [0.25, 0.3) is 22.3 Å². The van der Waals surface area contributed by atoms with Gasteiger partial charge in [-0.2, -0.15) is 0 Å². The molecule has 0 aliphatic rings. The Bertz CT molecular complexity index is 4400. The molecule has 25 heteroatoms. The summed E-state index contributed by atoms with van der Waals surface area (Å²) in [6.45, 7) is 35.8. The van der Waals surface area contributed by atoms with Gasteiger partial charge in [-0.3, -0.25) is 0 Å². The topological polar surface area (TPSA) is 160 Å². The van der Waals surface area contributed by atoms with Gasteiger partial charge >= 0.3 is 67.1 Å². The van der Waals surface area contributed by atoms with Crippen molar-refractivity contribution in [2.24, 2.45) is 20.0 Å². The van der Waals surface area contributed by atoms with Gasteiger partial charge in [-0.25, -0.2) is 20.0 Å². The predicted molar refractivity (Wildman–Crippen MR) is 475 cm³/mol. The molecule has 0 saturated carbocycles. The second-order valence-electron chi connectivity index (χ2n) is 29.5. The van der Waals surface area contributed by atoms with Crippen molar-refractivity contribution in [1.82, 2.24) is 20.4 Å². The van der Waals surface area contributed by atoms with Gasteiger partial charge in [0.05, 0.1) is 57.0 Å². The van der Waals surface area contributed by atoms with Crippen LogP contribution in [0.4, 0.5) is 22.7 Å². The summed E-state index contributed by atoms with van der Waals surface area (Å²) in [6, 6.07) is 88.9. The Morgan fingerprint density at radius 1 is 0.248 bits per heavy atom. The average Bonchev–Trinajstić information content (AvgIpc) is 1.64. The number of aliphatic imine (C=N–C) groups is 4. The standard InChI is InChI=1S/2C47H49N4.2CHCl3.5ClH.4Co.2O/c2*1-30(2)37-26-18-27-38(31(3)4)44(37)48-42(35-22-14-10-15-23-35)46-41(34-20-12-9-13-21-34)47(51-50-46)43(36-24-16-11-17-25-36)49-45-39(32(5)6)28-19-29-40(45)33(7)8;2*2-1(3)4;;;;;;;;;;;/h2*9-33H,1-8H3;2*1H;5*1H;;;;;;/q2*-1;;;;;;;;+2;3*+3;2*-2/p-5. The molecule has 2 aromatic heterocycles. The minimum Gasteiger partial charge on any atom is -2.00 e. The van der Waals surface area contributed by atoms with Gasteiger partial charge in [0, 0.05) is 11.1 Å². The van der Waals surface area contributed by atoms with Gasteiger partial charge < -0.3 is 93.4 Å². The summed E-state index contributed by atoms with van der Waals surface area (Å²) in [5.41, 5.74) is 27.7. The van der Waals surface area contributed by atoms with E-state index in [2.05, 4.69) is 329 Å². The Hall–Kier alpha value is -5.56. The predicted octanol–water partition coefficient (Wildman–Crippen LogP) is 13.8. The number of alkyl halides is 6. The van der Waals surface area contributed by atoms with Crippen LogP contribution < -0.4 is 72.2 Å². The number of nitrogens with zero attached hydrogens (tertiary/aromatic N) is 8. The largest absolute Gasteiger partial charge is 3.00 e. The summed E-state index contributed by atoms with van der Waals surface area (Å²) < 4.78 is -1.50. The molecule has 10 aromatic carbocycles. The number of hydrogen-bond donors (Lipinski definition) is 0. The maximum Gasteiger partial charge on any atom is 3.00 e. The van der Waals surface area contributed by atoms with Crippen LogP contribution in [0, 0.1) is 0 Å².